The van der Waals surface area contributed by atoms with E-state index in [-0.39, 0.29) is 23.0 Å². The van der Waals surface area contributed by atoms with Crippen molar-refractivity contribution in [3.63, 3.8) is 0 Å². The summed E-state index contributed by atoms with van der Waals surface area (Å²) in [7, 11) is 1.22. The van der Waals surface area contributed by atoms with Crippen LogP contribution in [0.4, 0.5) is 4.79 Å². The first kappa shape index (κ1) is 21.7. The van der Waals surface area contributed by atoms with Gasteiger partial charge in [-0.15, -0.1) is 0 Å². The van der Waals surface area contributed by atoms with Crippen LogP contribution in [0.3, 0.4) is 0 Å². The lowest BCUT2D eigenvalue weighted by Crippen LogP contribution is -2.27. The number of rotatable bonds is 7. The number of carboxylic acids is 1. The molecular weight excluding hydrogens is 482 g/mol. The number of halogens is 1. The molecule has 11 heteroatoms. The molecule has 0 spiro atoms. The van der Waals surface area contributed by atoms with Crippen LogP contribution in [0, 0.1) is 0 Å². The third kappa shape index (κ3) is 4.92. The number of carboxylic acid groups (broad SMARTS) is 1. The lowest BCUT2D eigenvalue weighted by molar-refractivity contribution is -0.139. The Morgan fingerprint density at radius 3 is 2.70 bits per heavy atom. The van der Waals surface area contributed by atoms with Gasteiger partial charge in [0, 0.05) is 0 Å². The summed E-state index contributed by atoms with van der Waals surface area (Å²) in [6.07, 6.45) is 1.54. The molecule has 0 bridgehead atoms. The number of imide groups is 1. The first-order valence-corrected chi connectivity index (χ1v) is 9.96. The van der Waals surface area contributed by atoms with Crippen molar-refractivity contribution >= 4 is 56.9 Å². The molecule has 30 heavy (non-hydrogen) atoms. The third-order valence-corrected chi connectivity index (χ3v) is 5.37. The summed E-state index contributed by atoms with van der Waals surface area (Å²) < 4.78 is 15.5. The molecule has 1 aromatic carbocycles. The van der Waals surface area contributed by atoms with Gasteiger partial charge in [0.05, 0.1) is 23.0 Å². The Kier molecular flexibility index (Phi) is 6.63. The van der Waals surface area contributed by atoms with Gasteiger partial charge in [0.25, 0.3) is 11.1 Å². The third-order valence-electron chi connectivity index (χ3n) is 3.84. The SMILES string of the molecule is COC(=O)c1ccc(CN2C(=O)S/C(=C/c3ccc(OCC(=O)O)c(Br)c3)C2=O)o1. The van der Waals surface area contributed by atoms with Crippen LogP contribution in [0.2, 0.25) is 0 Å². The predicted octanol–water partition coefficient (Wildman–Crippen LogP) is 3.53. The van der Waals surface area contributed by atoms with Gasteiger partial charge in [0.1, 0.15) is 11.5 Å². The number of methoxy groups -OCH3 is 1. The Hall–Kier alpha value is -3.05. The van der Waals surface area contributed by atoms with Crippen LogP contribution < -0.4 is 4.74 Å². The molecule has 9 nitrogen and oxygen atoms in total. The van der Waals surface area contributed by atoms with Crippen molar-refractivity contribution in [2.45, 2.75) is 6.54 Å². The average molecular weight is 496 g/mol. The molecule has 156 valence electrons. The fourth-order valence-corrected chi connectivity index (χ4v) is 3.83. The zero-order chi connectivity index (χ0) is 21.8. The highest BCUT2D eigenvalue weighted by atomic mass is 79.9. The normalized spacial score (nSPS) is 15.0. The number of thioether (sulfide) groups is 1. The van der Waals surface area contributed by atoms with E-state index in [1.165, 1.54) is 19.2 Å². The zero-order valence-corrected chi connectivity index (χ0v) is 17.8. The van der Waals surface area contributed by atoms with Crippen molar-refractivity contribution in [1.29, 1.82) is 0 Å². The number of ether oxygens (including phenoxy) is 2. The van der Waals surface area contributed by atoms with Crippen molar-refractivity contribution in [1.82, 2.24) is 4.90 Å². The van der Waals surface area contributed by atoms with E-state index in [0.717, 1.165) is 16.7 Å². The topological polar surface area (TPSA) is 123 Å². The lowest BCUT2D eigenvalue weighted by atomic mass is 10.2. The molecule has 0 radical (unpaired) electrons. The van der Waals surface area contributed by atoms with Crippen molar-refractivity contribution in [2.24, 2.45) is 0 Å². The summed E-state index contributed by atoms with van der Waals surface area (Å²) in [5, 5.41) is 8.21. The molecule has 0 saturated carbocycles. The molecule has 1 fully saturated rings. The van der Waals surface area contributed by atoms with E-state index in [9.17, 15) is 19.2 Å². The Labute approximate surface area is 182 Å². The minimum absolute atomic E-state index is 0.0231. The number of benzene rings is 1. The van der Waals surface area contributed by atoms with Crippen molar-refractivity contribution < 1.29 is 38.2 Å². The van der Waals surface area contributed by atoms with Gasteiger partial charge in [-0.1, -0.05) is 6.07 Å². The number of nitrogens with zero attached hydrogens (tertiary/aromatic N) is 1. The van der Waals surface area contributed by atoms with Crippen LogP contribution in [-0.2, 0) is 20.9 Å². The molecule has 3 rings (SSSR count). The molecule has 1 saturated heterocycles. The summed E-state index contributed by atoms with van der Waals surface area (Å²) in [6.45, 7) is -0.605. The van der Waals surface area contributed by atoms with Crippen LogP contribution in [0.25, 0.3) is 6.08 Å². The van der Waals surface area contributed by atoms with Gasteiger partial charge in [0.2, 0.25) is 5.76 Å². The smallest absolute Gasteiger partial charge is 0.373 e. The van der Waals surface area contributed by atoms with E-state index in [2.05, 4.69) is 20.7 Å². The van der Waals surface area contributed by atoms with Gasteiger partial charge in [-0.05, 0) is 63.6 Å². The van der Waals surface area contributed by atoms with Gasteiger partial charge in [0.15, 0.2) is 6.61 Å². The Morgan fingerprint density at radius 2 is 2.03 bits per heavy atom. The Bertz CT molecular complexity index is 1060. The number of carbonyl (C=O) groups excluding carboxylic acids is 3. The molecule has 0 aliphatic carbocycles. The molecule has 2 aromatic rings. The highest BCUT2D eigenvalue weighted by Gasteiger charge is 2.35. The summed E-state index contributed by atoms with van der Waals surface area (Å²) in [5.41, 5.74) is 0.612. The zero-order valence-electron chi connectivity index (χ0n) is 15.4. The van der Waals surface area contributed by atoms with Crippen molar-refractivity contribution in [3.8, 4) is 5.75 Å². The van der Waals surface area contributed by atoms with E-state index in [4.69, 9.17) is 14.3 Å². The predicted molar refractivity (Wildman–Crippen MR) is 109 cm³/mol. The summed E-state index contributed by atoms with van der Waals surface area (Å²) in [4.78, 5) is 48.2. The van der Waals surface area contributed by atoms with Crippen LogP contribution in [0.15, 0.2) is 44.1 Å². The highest BCUT2D eigenvalue weighted by Crippen LogP contribution is 2.35. The Balaban J connectivity index is 1.73. The number of hydrogen-bond donors (Lipinski definition) is 1. The van der Waals surface area contributed by atoms with Gasteiger partial charge in [-0.25, -0.2) is 9.59 Å². The second kappa shape index (κ2) is 9.18. The monoisotopic (exact) mass is 495 g/mol. The van der Waals surface area contributed by atoms with E-state index >= 15 is 0 Å². The molecule has 1 N–H and O–H groups in total. The van der Waals surface area contributed by atoms with Gasteiger partial charge in [-0.2, -0.15) is 0 Å². The van der Waals surface area contributed by atoms with Crippen molar-refractivity contribution in [2.75, 3.05) is 13.7 Å². The number of amides is 2. The second-order valence-corrected chi connectivity index (χ2v) is 7.75. The maximum atomic E-state index is 12.6. The number of aliphatic carboxylic acids is 1. The Morgan fingerprint density at radius 1 is 1.27 bits per heavy atom. The molecule has 0 unspecified atom stereocenters. The van der Waals surface area contributed by atoms with Gasteiger partial charge >= 0.3 is 11.9 Å². The van der Waals surface area contributed by atoms with E-state index in [1.54, 1.807) is 24.3 Å². The quantitative estimate of drug-likeness (QED) is 0.453. The number of esters is 1. The largest absolute Gasteiger partial charge is 0.481 e. The van der Waals surface area contributed by atoms with Crippen LogP contribution >= 0.6 is 27.7 Å². The summed E-state index contributed by atoms with van der Waals surface area (Å²) in [5.74, 6) is -1.68. The van der Waals surface area contributed by atoms with E-state index in [0.29, 0.717) is 15.8 Å². The standard InChI is InChI=1S/C19H14BrNO8S/c1-27-18(25)14-5-3-11(29-14)8-21-17(24)15(30-19(21)26)7-10-2-4-13(12(20)6-10)28-9-16(22)23/h2-7H,8-9H2,1H3,(H,22,23)/b15-7+. The van der Waals surface area contributed by atoms with Crippen molar-refractivity contribution in [3.05, 3.63) is 56.8 Å². The first-order chi connectivity index (χ1) is 14.3. The maximum absolute atomic E-state index is 12.6. The molecule has 0 atom stereocenters. The van der Waals surface area contributed by atoms with Crippen LogP contribution in [0.5, 0.6) is 5.75 Å². The lowest BCUT2D eigenvalue weighted by Gasteiger charge is -2.10. The summed E-state index contributed by atoms with van der Waals surface area (Å²) in [6, 6.07) is 7.72. The fraction of sp³-hybridized carbons (Fsp3) is 0.158. The van der Waals surface area contributed by atoms with Crippen LogP contribution in [-0.4, -0.2) is 46.8 Å². The second-order valence-electron chi connectivity index (χ2n) is 5.90. The number of furan rings is 1. The number of hydrogen-bond acceptors (Lipinski definition) is 8. The van der Waals surface area contributed by atoms with Crippen LogP contribution in [0.1, 0.15) is 21.9 Å². The first-order valence-electron chi connectivity index (χ1n) is 8.35. The maximum Gasteiger partial charge on any atom is 0.373 e. The van der Waals surface area contributed by atoms with E-state index < -0.39 is 29.7 Å². The molecule has 2 heterocycles. The molecule has 2 amide bonds. The molecule has 1 aromatic heterocycles. The molecular formula is C19H14BrNO8S. The highest BCUT2D eigenvalue weighted by molar-refractivity contribution is 9.10. The minimum Gasteiger partial charge on any atom is -0.481 e. The summed E-state index contributed by atoms with van der Waals surface area (Å²) >= 11 is 4.06. The average Bonchev–Trinajstić information content (AvgIpc) is 3.27. The minimum atomic E-state index is -1.10. The van der Waals surface area contributed by atoms with E-state index in [1.807, 2.05) is 0 Å². The van der Waals surface area contributed by atoms with Gasteiger partial charge in [-0.3, -0.25) is 14.5 Å². The number of carbonyl (C=O) groups is 4. The molecule has 1 aliphatic heterocycles. The van der Waals surface area contributed by atoms with Gasteiger partial charge < -0.3 is 19.0 Å². The molecule has 1 aliphatic rings. The fourth-order valence-electron chi connectivity index (χ4n) is 2.48.